The smallest absolute Gasteiger partial charge is 0.289 e. The van der Waals surface area contributed by atoms with Crippen molar-refractivity contribution in [3.8, 4) is 0 Å². The lowest BCUT2D eigenvalue weighted by atomic mass is 9.92. The summed E-state index contributed by atoms with van der Waals surface area (Å²) in [5, 5.41) is 3.39. The van der Waals surface area contributed by atoms with Crippen molar-refractivity contribution in [2.75, 3.05) is 45.9 Å². The molecule has 2 N–H and O–H groups in total. The number of rotatable bonds is 5. The number of ether oxygens (including phenoxy) is 1. The molecule has 2 aromatic rings. The number of aromatic nitrogens is 2. The topological polar surface area (TPSA) is 90.6 Å². The molecule has 2 aliphatic rings. The van der Waals surface area contributed by atoms with Crippen LogP contribution in [0.25, 0.3) is 11.0 Å². The highest BCUT2D eigenvalue weighted by Crippen LogP contribution is 2.22. The fourth-order valence-corrected chi connectivity index (χ4v) is 4.37. The van der Waals surface area contributed by atoms with E-state index in [-0.39, 0.29) is 48.6 Å². The van der Waals surface area contributed by atoms with E-state index in [1.54, 1.807) is 0 Å². The van der Waals surface area contributed by atoms with E-state index in [1.807, 2.05) is 34.1 Å². The molecule has 8 nitrogen and oxygen atoms in total. The molecule has 3 heterocycles. The van der Waals surface area contributed by atoms with Gasteiger partial charge in [0, 0.05) is 38.8 Å². The number of hydrogen-bond acceptors (Lipinski definition) is 5. The summed E-state index contributed by atoms with van der Waals surface area (Å²) in [6.45, 7) is 8.66. The highest BCUT2D eigenvalue weighted by Gasteiger charge is 2.36. The van der Waals surface area contributed by atoms with E-state index in [4.69, 9.17) is 4.74 Å². The number of amides is 2. The highest BCUT2D eigenvalue weighted by molar-refractivity contribution is 5.94. The zero-order chi connectivity index (χ0) is 21.1. The summed E-state index contributed by atoms with van der Waals surface area (Å²) >= 11 is 0. The lowest BCUT2D eigenvalue weighted by molar-refractivity contribution is -0.140. The van der Waals surface area contributed by atoms with E-state index in [0.717, 1.165) is 11.0 Å². The quantitative estimate of drug-likeness (QED) is 0.677. The molecule has 4 rings (SSSR count). The Morgan fingerprint density at radius 3 is 2.59 bits per heavy atom. The Balaban J connectivity index is 0.00000181. The number of nitrogens with one attached hydrogen (secondary N) is 2. The lowest BCUT2D eigenvalue weighted by Crippen LogP contribution is -2.56. The van der Waals surface area contributed by atoms with Crippen molar-refractivity contribution in [3.05, 3.63) is 30.1 Å². The van der Waals surface area contributed by atoms with Crippen LogP contribution in [0.1, 0.15) is 30.9 Å². The van der Waals surface area contributed by atoms with E-state index in [2.05, 4.69) is 29.1 Å². The fourth-order valence-electron chi connectivity index (χ4n) is 4.37. The van der Waals surface area contributed by atoms with Crippen molar-refractivity contribution in [3.63, 3.8) is 0 Å². The molecule has 1 aromatic carbocycles. The summed E-state index contributed by atoms with van der Waals surface area (Å²) < 4.78 is 5.37. The van der Waals surface area contributed by atoms with Crippen molar-refractivity contribution >= 4 is 47.7 Å². The Morgan fingerprint density at radius 2 is 1.91 bits per heavy atom. The maximum Gasteiger partial charge on any atom is 0.289 e. The number of morpholine rings is 1. The van der Waals surface area contributed by atoms with Gasteiger partial charge in [-0.3, -0.25) is 9.59 Å². The summed E-state index contributed by atoms with van der Waals surface area (Å²) in [6, 6.07) is 7.61. The number of halogens is 2. The van der Waals surface area contributed by atoms with Crippen molar-refractivity contribution in [1.82, 2.24) is 25.1 Å². The van der Waals surface area contributed by atoms with Gasteiger partial charge in [-0.05, 0) is 24.5 Å². The molecule has 0 bridgehead atoms. The van der Waals surface area contributed by atoms with Gasteiger partial charge in [-0.25, -0.2) is 4.98 Å². The second-order valence-electron chi connectivity index (χ2n) is 8.64. The summed E-state index contributed by atoms with van der Waals surface area (Å²) in [7, 11) is 0. The van der Waals surface area contributed by atoms with Gasteiger partial charge in [0.15, 0.2) is 5.82 Å². The zero-order valence-electron chi connectivity index (χ0n) is 18.6. The number of fused-ring (bicyclic) bond motifs is 1. The van der Waals surface area contributed by atoms with E-state index in [9.17, 15) is 9.59 Å². The number of benzene rings is 1. The molecular weight excluding hydrogens is 453 g/mol. The maximum atomic E-state index is 13.4. The van der Waals surface area contributed by atoms with Crippen molar-refractivity contribution in [2.45, 2.75) is 26.3 Å². The van der Waals surface area contributed by atoms with Gasteiger partial charge in [0.05, 0.1) is 30.2 Å². The molecule has 0 unspecified atom stereocenters. The molecule has 2 aliphatic heterocycles. The Hall–Kier alpha value is -1.87. The third-order valence-electron chi connectivity index (χ3n) is 5.85. The molecule has 32 heavy (non-hydrogen) atoms. The van der Waals surface area contributed by atoms with Crippen LogP contribution in [0.3, 0.4) is 0 Å². The molecule has 1 aromatic heterocycles. The number of para-hydroxylation sites is 2. The van der Waals surface area contributed by atoms with Gasteiger partial charge in [0.25, 0.3) is 5.91 Å². The van der Waals surface area contributed by atoms with Gasteiger partial charge < -0.3 is 24.8 Å². The zero-order valence-corrected chi connectivity index (χ0v) is 20.2. The minimum atomic E-state index is -0.125. The number of hydrogen-bond donors (Lipinski definition) is 2. The maximum absolute atomic E-state index is 13.4. The van der Waals surface area contributed by atoms with Crippen LogP contribution >= 0.6 is 24.8 Å². The number of aromatic amines is 1. The molecule has 2 fully saturated rings. The van der Waals surface area contributed by atoms with Gasteiger partial charge in [-0.1, -0.05) is 26.0 Å². The lowest BCUT2D eigenvalue weighted by Gasteiger charge is -2.39. The summed E-state index contributed by atoms with van der Waals surface area (Å²) in [6.07, 6.45) is 0.669. The Kier molecular flexibility index (Phi) is 9.76. The SMILES string of the molecule is CC(C)CN(C(=O)c1nc2ccccc2[nH]1)[C@@H]1CNC[C@H](C(=O)N2CCOCC2)C1.Cl.Cl. The van der Waals surface area contributed by atoms with E-state index in [1.165, 1.54) is 0 Å². The number of imidazole rings is 1. The minimum Gasteiger partial charge on any atom is -0.378 e. The second kappa shape index (κ2) is 11.8. The van der Waals surface area contributed by atoms with E-state index >= 15 is 0 Å². The monoisotopic (exact) mass is 485 g/mol. The largest absolute Gasteiger partial charge is 0.378 e. The molecular formula is C22H33Cl2N5O3. The molecule has 2 amide bonds. The number of carbonyl (C=O) groups is 2. The van der Waals surface area contributed by atoms with Crippen LogP contribution in [0.5, 0.6) is 0 Å². The molecule has 0 spiro atoms. The van der Waals surface area contributed by atoms with Crippen LogP contribution in [-0.4, -0.2) is 83.6 Å². The summed E-state index contributed by atoms with van der Waals surface area (Å²) in [5.41, 5.74) is 1.64. The standard InChI is InChI=1S/C22H31N5O3.2ClH/c1-15(2)14-27(22(29)20-24-18-5-3-4-6-19(18)25-20)17-11-16(12-23-13-17)21(28)26-7-9-30-10-8-26;;/h3-6,15-17,23H,7-14H2,1-2H3,(H,24,25);2*1H/t16-,17+;;/m1../s1. The van der Waals surface area contributed by atoms with Gasteiger partial charge in [0.2, 0.25) is 5.91 Å². The van der Waals surface area contributed by atoms with Crippen molar-refractivity contribution in [2.24, 2.45) is 11.8 Å². The first-order valence-electron chi connectivity index (χ1n) is 10.9. The molecule has 0 saturated carbocycles. The highest BCUT2D eigenvalue weighted by atomic mass is 35.5. The molecule has 0 radical (unpaired) electrons. The number of carbonyl (C=O) groups excluding carboxylic acids is 2. The predicted molar refractivity (Wildman–Crippen MR) is 129 cm³/mol. The average molecular weight is 486 g/mol. The normalized spacial score (nSPS) is 21.0. The van der Waals surface area contributed by atoms with E-state index < -0.39 is 0 Å². The third-order valence-corrected chi connectivity index (χ3v) is 5.85. The molecule has 2 saturated heterocycles. The second-order valence-corrected chi connectivity index (χ2v) is 8.64. The van der Waals surface area contributed by atoms with Crippen molar-refractivity contribution < 1.29 is 14.3 Å². The van der Waals surface area contributed by atoms with Gasteiger partial charge in [-0.2, -0.15) is 0 Å². The first-order valence-corrected chi connectivity index (χ1v) is 10.9. The van der Waals surface area contributed by atoms with Crippen LogP contribution in [0.4, 0.5) is 0 Å². The first-order chi connectivity index (χ1) is 14.5. The van der Waals surface area contributed by atoms with Crippen LogP contribution in [0, 0.1) is 11.8 Å². The van der Waals surface area contributed by atoms with Crippen LogP contribution in [0.15, 0.2) is 24.3 Å². The Morgan fingerprint density at radius 1 is 1.19 bits per heavy atom. The molecule has 0 aliphatic carbocycles. The summed E-state index contributed by atoms with van der Waals surface area (Å²) in [5.74, 6) is 0.606. The van der Waals surface area contributed by atoms with Crippen LogP contribution in [-0.2, 0) is 9.53 Å². The van der Waals surface area contributed by atoms with Crippen LogP contribution in [0.2, 0.25) is 0 Å². The molecule has 178 valence electrons. The predicted octanol–water partition coefficient (Wildman–Crippen LogP) is 2.34. The number of piperidine rings is 1. The molecule has 10 heteroatoms. The summed E-state index contributed by atoms with van der Waals surface area (Å²) in [4.78, 5) is 37.9. The van der Waals surface area contributed by atoms with Crippen molar-refractivity contribution in [1.29, 1.82) is 0 Å². The minimum absolute atomic E-state index is 0. The van der Waals surface area contributed by atoms with E-state index in [0.29, 0.717) is 64.1 Å². The number of H-pyrrole nitrogens is 1. The van der Waals surface area contributed by atoms with Crippen LogP contribution < -0.4 is 5.32 Å². The number of nitrogens with zero attached hydrogens (tertiary/aromatic N) is 3. The third kappa shape index (κ3) is 5.92. The molecule has 2 atom stereocenters. The van der Waals surface area contributed by atoms with Gasteiger partial charge in [0.1, 0.15) is 0 Å². The Labute approximate surface area is 201 Å². The fraction of sp³-hybridized carbons (Fsp3) is 0.591. The van der Waals surface area contributed by atoms with Gasteiger partial charge >= 0.3 is 0 Å². The first kappa shape index (κ1) is 26.4. The Bertz CT molecular complexity index is 868. The van der Waals surface area contributed by atoms with Gasteiger partial charge in [-0.15, -0.1) is 24.8 Å². The average Bonchev–Trinajstić information content (AvgIpc) is 3.21.